The quantitative estimate of drug-likeness (QED) is 0.425. The highest BCUT2D eigenvalue weighted by atomic mass is 32.2. The van der Waals surface area contributed by atoms with Crippen LogP contribution < -0.4 is 0 Å². The van der Waals surface area contributed by atoms with E-state index < -0.39 is 16.2 Å². The van der Waals surface area contributed by atoms with Gasteiger partial charge in [0.1, 0.15) is 0 Å². The molecule has 0 radical (unpaired) electrons. The average Bonchev–Trinajstić information content (AvgIpc) is 2.26. The van der Waals surface area contributed by atoms with Crippen LogP contribution in [0.4, 0.5) is 0 Å². The first kappa shape index (κ1) is 17.9. The maximum absolute atomic E-state index is 10.5. The van der Waals surface area contributed by atoms with Gasteiger partial charge in [0, 0.05) is 0 Å². The number of aliphatic hydroxyl groups excluding tert-OH is 1. The molecule has 110 valence electrons. The summed E-state index contributed by atoms with van der Waals surface area (Å²) in [6.07, 6.45) is 9.58. The predicted octanol–water partition coefficient (Wildman–Crippen LogP) is 3.16. The average molecular weight is 280 g/mol. The molecule has 5 heteroatoms. The molecule has 2 N–H and O–H groups in total. The van der Waals surface area contributed by atoms with Crippen LogP contribution in [0.1, 0.15) is 71.1 Å². The fraction of sp³-hybridized carbons (Fsp3) is 1.00. The smallest absolute Gasteiger partial charge is 0.264 e. The van der Waals surface area contributed by atoms with Crippen molar-refractivity contribution < 1.29 is 18.1 Å². The highest BCUT2D eigenvalue weighted by Crippen LogP contribution is 2.12. The molecule has 0 rings (SSSR count). The lowest BCUT2D eigenvalue weighted by Gasteiger charge is -2.09. The van der Waals surface area contributed by atoms with Crippen molar-refractivity contribution in [3.63, 3.8) is 0 Å². The molecule has 0 aromatic rings. The fourth-order valence-electron chi connectivity index (χ4n) is 1.98. The second kappa shape index (κ2) is 10.8. The topological polar surface area (TPSA) is 74.6 Å². The molecule has 0 aliphatic rings. The second-order valence-corrected chi connectivity index (χ2v) is 6.56. The Kier molecular flexibility index (Phi) is 10.7. The maximum Gasteiger partial charge on any atom is 0.264 e. The Bertz CT molecular complexity index is 275. The van der Waals surface area contributed by atoms with E-state index in [2.05, 4.69) is 6.92 Å². The van der Waals surface area contributed by atoms with Gasteiger partial charge >= 0.3 is 0 Å². The predicted molar refractivity (Wildman–Crippen MR) is 74.3 cm³/mol. The molecular weight excluding hydrogens is 252 g/mol. The van der Waals surface area contributed by atoms with Gasteiger partial charge in [-0.05, 0) is 19.3 Å². The second-order valence-electron chi connectivity index (χ2n) is 4.99. The molecule has 0 fully saturated rings. The Hall–Kier alpha value is -0.130. The molecule has 0 spiro atoms. The summed E-state index contributed by atoms with van der Waals surface area (Å²) in [5.74, 6) is -0.249. The molecule has 4 nitrogen and oxygen atoms in total. The number of aliphatic hydroxyl groups is 1. The van der Waals surface area contributed by atoms with Crippen LogP contribution in [0.25, 0.3) is 0 Å². The van der Waals surface area contributed by atoms with E-state index in [0.717, 1.165) is 19.3 Å². The maximum atomic E-state index is 10.5. The Morgan fingerprint density at radius 3 is 1.94 bits per heavy atom. The van der Waals surface area contributed by atoms with E-state index in [1.165, 1.54) is 32.1 Å². The van der Waals surface area contributed by atoms with E-state index in [1.807, 2.05) is 0 Å². The highest BCUT2D eigenvalue weighted by Gasteiger charge is 2.08. The first-order valence-electron chi connectivity index (χ1n) is 7.09. The fourth-order valence-corrected chi connectivity index (χ4v) is 2.51. The van der Waals surface area contributed by atoms with E-state index in [-0.39, 0.29) is 5.75 Å². The van der Waals surface area contributed by atoms with E-state index >= 15 is 0 Å². The zero-order valence-corrected chi connectivity index (χ0v) is 12.3. The van der Waals surface area contributed by atoms with Gasteiger partial charge in [0.05, 0.1) is 11.9 Å². The molecule has 1 atom stereocenters. The largest absolute Gasteiger partial charge is 0.393 e. The van der Waals surface area contributed by atoms with E-state index in [9.17, 15) is 13.5 Å². The summed E-state index contributed by atoms with van der Waals surface area (Å²) in [4.78, 5) is 0. The first-order valence-corrected chi connectivity index (χ1v) is 8.70. The van der Waals surface area contributed by atoms with Crippen LogP contribution in [-0.2, 0) is 10.1 Å². The van der Waals surface area contributed by atoms with Crippen molar-refractivity contribution in [2.24, 2.45) is 0 Å². The van der Waals surface area contributed by atoms with E-state index in [0.29, 0.717) is 12.8 Å². The van der Waals surface area contributed by atoms with Gasteiger partial charge in [-0.3, -0.25) is 4.55 Å². The van der Waals surface area contributed by atoms with Crippen molar-refractivity contribution in [3.8, 4) is 0 Å². The normalized spacial score (nSPS) is 13.7. The van der Waals surface area contributed by atoms with Gasteiger partial charge < -0.3 is 5.11 Å². The number of unbranched alkanes of at least 4 members (excludes halogenated alkanes) is 6. The SMILES string of the molecule is CCCCCCCCCC(O)CCCS(=O)(=O)O. The van der Waals surface area contributed by atoms with Crippen LogP contribution >= 0.6 is 0 Å². The number of hydrogen-bond donors (Lipinski definition) is 2. The molecule has 0 bridgehead atoms. The zero-order chi connectivity index (χ0) is 13.9. The van der Waals surface area contributed by atoms with Crippen molar-refractivity contribution in [1.82, 2.24) is 0 Å². The summed E-state index contributed by atoms with van der Waals surface area (Å²) in [5, 5.41) is 9.61. The Morgan fingerprint density at radius 1 is 0.889 bits per heavy atom. The molecule has 0 aromatic carbocycles. The molecular formula is C13H28O4S. The van der Waals surface area contributed by atoms with Gasteiger partial charge in [-0.25, -0.2) is 0 Å². The van der Waals surface area contributed by atoms with Crippen LogP contribution in [0.2, 0.25) is 0 Å². The zero-order valence-electron chi connectivity index (χ0n) is 11.5. The lowest BCUT2D eigenvalue weighted by Crippen LogP contribution is -2.10. The summed E-state index contributed by atoms with van der Waals surface area (Å²) in [6.45, 7) is 2.20. The minimum atomic E-state index is -3.87. The van der Waals surface area contributed by atoms with Crippen molar-refractivity contribution in [2.75, 3.05) is 5.75 Å². The summed E-state index contributed by atoms with van der Waals surface area (Å²) in [6, 6.07) is 0. The van der Waals surface area contributed by atoms with Gasteiger partial charge in [-0.1, -0.05) is 51.9 Å². The van der Waals surface area contributed by atoms with Crippen LogP contribution in [0.3, 0.4) is 0 Å². The number of rotatable bonds is 12. The lowest BCUT2D eigenvalue weighted by molar-refractivity contribution is 0.150. The van der Waals surface area contributed by atoms with Gasteiger partial charge in [0.15, 0.2) is 0 Å². The Balaban J connectivity index is 3.29. The van der Waals surface area contributed by atoms with Crippen molar-refractivity contribution in [3.05, 3.63) is 0 Å². The first-order chi connectivity index (χ1) is 8.45. The summed E-state index contributed by atoms with van der Waals surface area (Å²) in [7, 11) is -3.87. The van der Waals surface area contributed by atoms with E-state index in [1.54, 1.807) is 0 Å². The van der Waals surface area contributed by atoms with Gasteiger partial charge in [0.25, 0.3) is 10.1 Å². The van der Waals surface area contributed by atoms with E-state index in [4.69, 9.17) is 4.55 Å². The molecule has 0 heterocycles. The minimum Gasteiger partial charge on any atom is -0.393 e. The molecule has 0 saturated carbocycles. The van der Waals surface area contributed by atoms with Crippen molar-refractivity contribution in [2.45, 2.75) is 77.2 Å². The van der Waals surface area contributed by atoms with Crippen LogP contribution in [-0.4, -0.2) is 29.9 Å². The third-order valence-corrected chi connectivity index (χ3v) is 3.89. The molecule has 1 unspecified atom stereocenters. The minimum absolute atomic E-state index is 0.249. The van der Waals surface area contributed by atoms with Crippen molar-refractivity contribution >= 4 is 10.1 Å². The van der Waals surface area contributed by atoms with Gasteiger partial charge in [-0.2, -0.15) is 8.42 Å². The van der Waals surface area contributed by atoms with Crippen LogP contribution in [0.15, 0.2) is 0 Å². The van der Waals surface area contributed by atoms with Crippen LogP contribution in [0, 0.1) is 0 Å². The van der Waals surface area contributed by atoms with Crippen molar-refractivity contribution in [1.29, 1.82) is 0 Å². The Labute approximate surface area is 112 Å². The summed E-state index contributed by atoms with van der Waals surface area (Å²) >= 11 is 0. The standard InChI is InChI=1S/C13H28O4S/c1-2-3-4-5-6-7-8-10-13(14)11-9-12-18(15,16)17/h13-14H,2-12H2,1H3,(H,15,16,17). The van der Waals surface area contributed by atoms with Gasteiger partial charge in [-0.15, -0.1) is 0 Å². The summed E-state index contributed by atoms with van der Waals surface area (Å²) in [5.41, 5.74) is 0. The molecule has 0 aromatic heterocycles. The molecule has 0 amide bonds. The Morgan fingerprint density at radius 2 is 1.39 bits per heavy atom. The lowest BCUT2D eigenvalue weighted by atomic mass is 10.0. The monoisotopic (exact) mass is 280 g/mol. The summed E-state index contributed by atoms with van der Waals surface area (Å²) < 4.78 is 29.5. The number of hydrogen-bond acceptors (Lipinski definition) is 3. The molecule has 18 heavy (non-hydrogen) atoms. The van der Waals surface area contributed by atoms with Crippen LogP contribution in [0.5, 0.6) is 0 Å². The molecule has 0 aliphatic carbocycles. The third kappa shape index (κ3) is 13.9. The third-order valence-electron chi connectivity index (χ3n) is 3.08. The van der Waals surface area contributed by atoms with Gasteiger partial charge in [0.2, 0.25) is 0 Å². The molecule has 0 aliphatic heterocycles. The molecule has 0 saturated heterocycles. The highest BCUT2D eigenvalue weighted by molar-refractivity contribution is 7.85.